The van der Waals surface area contributed by atoms with Gasteiger partial charge in [-0.05, 0) is 78.5 Å². The molecule has 3 aliphatic heterocycles. The van der Waals surface area contributed by atoms with E-state index in [1.54, 1.807) is 80.7 Å². The lowest BCUT2D eigenvalue weighted by Gasteiger charge is -2.45. The van der Waals surface area contributed by atoms with Gasteiger partial charge in [-0.2, -0.15) is 0 Å². The van der Waals surface area contributed by atoms with Gasteiger partial charge < -0.3 is 43.4 Å². The van der Waals surface area contributed by atoms with E-state index in [2.05, 4.69) is 19.2 Å². The quantitative estimate of drug-likeness (QED) is 0.0831. The first-order valence-corrected chi connectivity index (χ1v) is 23.2. The smallest absolute Gasteiger partial charge is 0.409 e. The Morgan fingerprint density at radius 2 is 1.85 bits per heavy atom. The molecule has 0 aromatic heterocycles. The number of amides is 3. The highest BCUT2D eigenvalue weighted by molar-refractivity contribution is 8.77. The van der Waals surface area contributed by atoms with Gasteiger partial charge in [0.2, 0.25) is 11.8 Å². The number of hydrogen-bond acceptors (Lipinski definition) is 13. The van der Waals surface area contributed by atoms with Crippen LogP contribution < -0.4 is 15.0 Å². The van der Waals surface area contributed by atoms with E-state index in [9.17, 15) is 29.1 Å². The van der Waals surface area contributed by atoms with Crippen LogP contribution in [0.15, 0.2) is 35.9 Å². The number of benzene rings is 1. The Balaban J connectivity index is 1.65. The zero-order valence-corrected chi connectivity index (χ0v) is 39.9. The molecule has 0 radical (unpaired) electrons. The minimum absolute atomic E-state index is 0.0821. The number of alkyl carbamates (subject to hydrolysis) is 1. The molecule has 7 atom stereocenters. The number of esters is 1. The van der Waals surface area contributed by atoms with Gasteiger partial charge in [-0.1, -0.05) is 70.8 Å². The molecular formula is C44H64ClN3O11S2. The van der Waals surface area contributed by atoms with Crippen molar-refractivity contribution in [1.29, 1.82) is 0 Å². The van der Waals surface area contributed by atoms with Crippen molar-refractivity contribution in [2.75, 3.05) is 39.0 Å². The molecule has 17 heteroatoms. The Morgan fingerprint density at radius 1 is 1.16 bits per heavy atom. The van der Waals surface area contributed by atoms with Gasteiger partial charge in [-0.25, -0.2) is 9.59 Å². The number of epoxide rings is 1. The van der Waals surface area contributed by atoms with Gasteiger partial charge in [0.15, 0.2) is 5.72 Å². The number of Topliss-reactive ketones (excluding diaryl/α,β-unsaturated/α-hetero) is 1. The average molecular weight is 911 g/mol. The highest BCUT2D eigenvalue weighted by atomic mass is 35.5. The number of halogens is 1. The van der Waals surface area contributed by atoms with Crippen LogP contribution >= 0.6 is 33.2 Å². The van der Waals surface area contributed by atoms with Crippen molar-refractivity contribution in [2.45, 2.75) is 147 Å². The van der Waals surface area contributed by atoms with Gasteiger partial charge in [0.05, 0.1) is 25.3 Å². The maximum atomic E-state index is 14.3. The summed E-state index contributed by atoms with van der Waals surface area (Å²) >= 11 is 6.82. The molecule has 3 amide bonds. The molecule has 2 N–H and O–H groups in total. The van der Waals surface area contributed by atoms with Gasteiger partial charge >= 0.3 is 12.1 Å². The summed E-state index contributed by atoms with van der Waals surface area (Å²) in [4.78, 5) is 69.0. The number of allylic oxidation sites excluding steroid dienone is 3. The number of carbonyl (C=O) groups is 5. The first-order valence-electron chi connectivity index (χ1n) is 20.5. The fourth-order valence-corrected chi connectivity index (χ4v) is 10.7. The number of fused-ring (bicyclic) bond motifs is 5. The number of ketones is 1. The molecule has 2 fully saturated rings. The topological polar surface area (TPSA) is 174 Å². The Bertz CT molecular complexity index is 1870. The van der Waals surface area contributed by atoms with Crippen LogP contribution in [0, 0.1) is 5.41 Å². The molecule has 0 saturated carbocycles. The van der Waals surface area contributed by atoms with Gasteiger partial charge in [0, 0.05) is 56.4 Å². The molecule has 3 aliphatic rings. The first-order chi connectivity index (χ1) is 28.4. The van der Waals surface area contributed by atoms with Crippen molar-refractivity contribution < 1.29 is 52.8 Å². The fraction of sp³-hybridized carbons (Fsp3) is 0.659. The zero-order chi connectivity index (χ0) is 45.7. The molecule has 4 rings (SSSR count). The second kappa shape index (κ2) is 20.5. The number of likely N-dealkylation sites (N-methyl/N-ethyl adjacent to an activating group) is 1. The monoisotopic (exact) mass is 909 g/mol. The molecule has 340 valence electrons. The third-order valence-electron chi connectivity index (χ3n) is 11.9. The van der Waals surface area contributed by atoms with Gasteiger partial charge in [0.1, 0.15) is 46.5 Å². The van der Waals surface area contributed by atoms with Crippen molar-refractivity contribution in [3.8, 4) is 5.75 Å². The number of rotatable bonds is 14. The summed E-state index contributed by atoms with van der Waals surface area (Å²) in [7, 11) is 9.39. The van der Waals surface area contributed by atoms with E-state index in [1.165, 1.54) is 24.0 Å². The predicted octanol–water partition coefficient (Wildman–Crippen LogP) is 7.21. The summed E-state index contributed by atoms with van der Waals surface area (Å²) in [6.07, 6.45) is 2.73. The molecule has 61 heavy (non-hydrogen) atoms. The Labute approximate surface area is 373 Å². The Morgan fingerprint density at radius 3 is 2.49 bits per heavy atom. The van der Waals surface area contributed by atoms with Crippen LogP contribution in [0.25, 0.3) is 0 Å². The molecule has 14 nitrogen and oxygen atoms in total. The molecule has 0 aliphatic carbocycles. The van der Waals surface area contributed by atoms with Crippen LogP contribution in [0.3, 0.4) is 0 Å². The summed E-state index contributed by atoms with van der Waals surface area (Å²) in [5.74, 6) is -0.0749. The number of hydrogen-bond donors (Lipinski definition) is 2. The van der Waals surface area contributed by atoms with Crippen LogP contribution in [0.5, 0.6) is 5.75 Å². The minimum Gasteiger partial charge on any atom is -0.495 e. The lowest BCUT2D eigenvalue weighted by molar-refractivity contribution is -0.162. The van der Waals surface area contributed by atoms with E-state index < -0.39 is 65.2 Å². The first kappa shape index (κ1) is 50.4. The molecule has 1 aromatic rings. The fourth-order valence-electron chi connectivity index (χ4n) is 7.72. The molecular weight excluding hydrogens is 846 g/mol. The van der Waals surface area contributed by atoms with Crippen LogP contribution in [0.1, 0.15) is 99.5 Å². The summed E-state index contributed by atoms with van der Waals surface area (Å²) in [5, 5.41) is 14.7. The van der Waals surface area contributed by atoms with Gasteiger partial charge in [-0.3, -0.25) is 14.9 Å². The molecule has 0 spiro atoms. The van der Waals surface area contributed by atoms with Crippen molar-refractivity contribution in [2.24, 2.45) is 5.41 Å². The molecule has 2 saturated heterocycles. The standard InChI is InChI=1S/C44H64ClN3O11S2/c1-26-15-13-17-32(56-12)44(54)25-34(58-40(53)46-44)42(6,7)39-43(8,59-39)33(24-36(51)48(10)30-22-29(21-26)23-31(55-11)37(30)45)57-38(52)28(3)47(9)35(50)18-19-41(4,5)61-60-20-14-16-27(2)49/h13,15,17,22-23,28,32-34,39,54H,14,16,18-21,24-25H2,1-12H3,(H,46,53)/b17-13+,26-15+/t28-,32+,33-,34-,39-,43-,44-/m0/s1. The summed E-state index contributed by atoms with van der Waals surface area (Å²) in [5.41, 5.74) is -2.03. The lowest BCUT2D eigenvalue weighted by Crippen LogP contribution is -2.65. The largest absolute Gasteiger partial charge is 0.495 e. The van der Waals surface area contributed by atoms with Crippen molar-refractivity contribution in [1.82, 2.24) is 10.2 Å². The molecule has 1 aromatic carbocycles. The second-order valence-corrected chi connectivity index (χ2v) is 21.2. The maximum Gasteiger partial charge on any atom is 0.409 e. The van der Waals surface area contributed by atoms with Gasteiger partial charge in [-0.15, -0.1) is 0 Å². The molecule has 3 heterocycles. The van der Waals surface area contributed by atoms with Crippen LogP contribution in [0.4, 0.5) is 10.5 Å². The number of nitrogens with zero attached hydrogens (tertiary/aromatic N) is 2. The summed E-state index contributed by atoms with van der Waals surface area (Å²) in [6.45, 7) is 14.6. The summed E-state index contributed by atoms with van der Waals surface area (Å²) < 4.78 is 29.5. The lowest BCUT2D eigenvalue weighted by atomic mass is 9.73. The number of ether oxygens (including phenoxy) is 5. The molecule has 4 bridgehead atoms. The average Bonchev–Trinajstić information content (AvgIpc) is 3.90. The van der Waals surface area contributed by atoms with Crippen molar-refractivity contribution in [3.05, 3.63) is 46.5 Å². The van der Waals surface area contributed by atoms with Crippen molar-refractivity contribution >= 4 is 68.5 Å². The number of aliphatic hydroxyl groups is 1. The van der Waals surface area contributed by atoms with Crippen LogP contribution in [0.2, 0.25) is 5.02 Å². The maximum absolute atomic E-state index is 14.3. The Hall–Kier alpha value is -3.28. The minimum atomic E-state index is -1.86. The van der Waals surface area contributed by atoms with Crippen molar-refractivity contribution in [3.63, 3.8) is 0 Å². The number of nitrogens with one attached hydrogen (secondary N) is 1. The zero-order valence-electron chi connectivity index (χ0n) is 37.5. The van der Waals surface area contributed by atoms with E-state index in [-0.39, 0.29) is 40.7 Å². The normalized spacial score (nSPS) is 28.6. The number of carbonyl (C=O) groups excluding carboxylic acids is 5. The highest BCUT2D eigenvalue weighted by Gasteiger charge is 2.68. The molecule has 0 unspecified atom stereocenters. The number of methoxy groups -OCH3 is 2. The predicted molar refractivity (Wildman–Crippen MR) is 239 cm³/mol. The van der Waals surface area contributed by atoms with Gasteiger partial charge in [0.25, 0.3) is 0 Å². The summed E-state index contributed by atoms with van der Waals surface area (Å²) in [6, 6.07) is 2.57. The van der Waals surface area contributed by atoms with Crippen LogP contribution in [-0.4, -0.2) is 120 Å². The SMILES string of the molecule is COc1cc2cc(c1Cl)N(C)C(=O)C[C@H](OC(=O)[C@H](C)N(C)C(=O)CCC(C)(C)SSCCCC(C)=O)[C@]1(C)O[C@H]1C(C)(C)[C@@H]1C[C@@](O)(NC(=O)O1)[C@H](OC)/C=C/C=C(\C)C2. The third kappa shape index (κ3) is 12.5. The third-order valence-corrected chi connectivity index (χ3v) is 15.7. The van der Waals surface area contributed by atoms with E-state index in [1.807, 2.05) is 26.8 Å². The Kier molecular flexibility index (Phi) is 16.9. The van der Waals surface area contributed by atoms with Crippen LogP contribution in [-0.2, 0) is 44.5 Å². The second-order valence-electron chi connectivity index (χ2n) is 17.7. The highest BCUT2D eigenvalue weighted by Crippen LogP contribution is 2.54. The van der Waals surface area contributed by atoms with E-state index in [0.717, 1.165) is 23.3 Å². The van der Waals surface area contributed by atoms with E-state index >= 15 is 0 Å². The van der Waals surface area contributed by atoms with E-state index in [0.29, 0.717) is 30.7 Å². The number of anilines is 1. The van der Waals surface area contributed by atoms with E-state index in [4.69, 9.17) is 35.3 Å².